The maximum Gasteiger partial charge on any atom is 0.348 e. The number of esters is 1. The smallest absolute Gasteiger partial charge is 0.348 e. The van der Waals surface area contributed by atoms with Gasteiger partial charge in [-0.3, -0.25) is 0 Å². The number of carbonyl (C=O) groups excluding carboxylic acids is 1. The van der Waals surface area contributed by atoms with Crippen molar-refractivity contribution >= 4 is 44.9 Å². The van der Waals surface area contributed by atoms with Crippen LogP contribution >= 0.6 is 22.9 Å². The van der Waals surface area contributed by atoms with Crippen molar-refractivity contribution in [2.45, 2.75) is 19.9 Å². The van der Waals surface area contributed by atoms with E-state index >= 15 is 0 Å². The molecule has 0 radical (unpaired) electrons. The van der Waals surface area contributed by atoms with Crippen molar-refractivity contribution in [2.75, 3.05) is 19.0 Å². The van der Waals surface area contributed by atoms with Crippen molar-refractivity contribution in [1.82, 2.24) is 9.97 Å². The topological polar surface area (TPSA) is 84.3 Å². The zero-order valence-electron chi connectivity index (χ0n) is 14.5. The highest BCUT2D eigenvalue weighted by molar-refractivity contribution is 7.20. The number of aliphatic hydroxyl groups excluding tert-OH is 1. The van der Waals surface area contributed by atoms with E-state index in [-0.39, 0.29) is 12.6 Å². The Morgan fingerprint density at radius 3 is 2.62 bits per heavy atom. The number of hydrogen-bond donors (Lipinski definition) is 2. The first-order valence-corrected chi connectivity index (χ1v) is 9.13. The largest absolute Gasteiger partial charge is 0.465 e. The van der Waals surface area contributed by atoms with Gasteiger partial charge in [0.2, 0.25) is 0 Å². The lowest BCUT2D eigenvalue weighted by molar-refractivity contribution is 0.0605. The lowest BCUT2D eigenvalue weighted by atomic mass is 10.1. The first-order valence-electron chi connectivity index (χ1n) is 7.93. The molecule has 6 nitrogen and oxygen atoms in total. The number of ether oxygens (including phenoxy) is 1. The lowest BCUT2D eigenvalue weighted by Crippen LogP contribution is -2.16. The summed E-state index contributed by atoms with van der Waals surface area (Å²) in [7, 11) is 1.35. The van der Waals surface area contributed by atoms with Gasteiger partial charge in [0.05, 0.1) is 25.1 Å². The minimum atomic E-state index is -0.398. The molecule has 3 aromatic rings. The van der Waals surface area contributed by atoms with Crippen molar-refractivity contribution in [3.63, 3.8) is 0 Å². The zero-order valence-corrected chi connectivity index (χ0v) is 16.1. The summed E-state index contributed by atoms with van der Waals surface area (Å²) >= 11 is 7.21. The van der Waals surface area contributed by atoms with Crippen molar-refractivity contribution < 1.29 is 14.6 Å². The van der Waals surface area contributed by atoms with E-state index in [2.05, 4.69) is 15.3 Å². The van der Waals surface area contributed by atoms with Crippen LogP contribution in [0.1, 0.15) is 32.7 Å². The van der Waals surface area contributed by atoms with E-state index in [1.807, 2.05) is 19.1 Å². The van der Waals surface area contributed by atoms with E-state index in [4.69, 9.17) is 16.3 Å². The maximum absolute atomic E-state index is 12.0. The summed E-state index contributed by atoms with van der Waals surface area (Å²) in [6, 6.07) is 6.87. The van der Waals surface area contributed by atoms with Gasteiger partial charge < -0.3 is 15.2 Å². The van der Waals surface area contributed by atoms with Crippen LogP contribution < -0.4 is 5.32 Å². The molecule has 1 atom stereocenters. The standard InChI is InChI=1S/C18H18ClN3O3S/c1-9-14-16(22-13(8-23)11-4-6-12(19)7-5-11)20-10(2)21-17(14)26-15(9)18(24)25-3/h4-7,13,23H,8H2,1-3H3,(H,20,21,22). The number of thiophene rings is 1. The van der Waals surface area contributed by atoms with Gasteiger partial charge in [0.15, 0.2) is 0 Å². The predicted octanol–water partition coefficient (Wildman–Crippen LogP) is 3.89. The minimum absolute atomic E-state index is 0.126. The second-order valence-electron chi connectivity index (χ2n) is 5.78. The summed E-state index contributed by atoms with van der Waals surface area (Å²) in [5.74, 6) is 0.751. The van der Waals surface area contributed by atoms with Crippen LogP contribution in [-0.2, 0) is 4.74 Å². The van der Waals surface area contributed by atoms with Crippen LogP contribution in [0.4, 0.5) is 5.82 Å². The number of rotatable bonds is 5. The molecule has 0 aliphatic heterocycles. The van der Waals surface area contributed by atoms with Crippen LogP contribution in [-0.4, -0.2) is 34.8 Å². The molecule has 2 aromatic heterocycles. The van der Waals surface area contributed by atoms with Gasteiger partial charge in [0.1, 0.15) is 21.3 Å². The minimum Gasteiger partial charge on any atom is -0.465 e. The van der Waals surface area contributed by atoms with Crippen molar-refractivity contribution in [1.29, 1.82) is 0 Å². The van der Waals surface area contributed by atoms with Gasteiger partial charge in [-0.15, -0.1) is 11.3 Å². The summed E-state index contributed by atoms with van der Waals surface area (Å²) < 4.78 is 4.85. The van der Waals surface area contributed by atoms with Crippen molar-refractivity contribution in [3.05, 3.63) is 51.1 Å². The Hall–Kier alpha value is -2.22. The highest BCUT2D eigenvalue weighted by atomic mass is 35.5. The molecule has 8 heteroatoms. The number of methoxy groups -OCH3 is 1. The fraction of sp³-hybridized carbons (Fsp3) is 0.278. The number of carbonyl (C=O) groups is 1. The summed E-state index contributed by atoms with van der Waals surface area (Å²) in [4.78, 5) is 22.1. The maximum atomic E-state index is 12.0. The molecular weight excluding hydrogens is 374 g/mol. The number of aromatic nitrogens is 2. The molecule has 0 bridgehead atoms. The first kappa shape index (κ1) is 18.6. The van der Waals surface area contributed by atoms with Gasteiger partial charge in [-0.2, -0.15) is 0 Å². The normalized spacial score (nSPS) is 12.2. The molecule has 3 rings (SSSR count). The fourth-order valence-corrected chi connectivity index (χ4v) is 4.00. The van der Waals surface area contributed by atoms with Crippen LogP contribution in [0.25, 0.3) is 10.2 Å². The Kier molecular flexibility index (Phi) is 5.41. The Bertz CT molecular complexity index is 956. The van der Waals surface area contributed by atoms with Crippen LogP contribution in [0.15, 0.2) is 24.3 Å². The Balaban J connectivity index is 2.07. The van der Waals surface area contributed by atoms with Crippen LogP contribution in [0.5, 0.6) is 0 Å². The Labute approximate surface area is 159 Å². The second-order valence-corrected chi connectivity index (χ2v) is 7.21. The zero-order chi connectivity index (χ0) is 18.8. The summed E-state index contributed by atoms with van der Waals surface area (Å²) in [5.41, 5.74) is 1.63. The predicted molar refractivity (Wildman–Crippen MR) is 103 cm³/mol. The van der Waals surface area contributed by atoms with Gasteiger partial charge in [-0.25, -0.2) is 14.8 Å². The fourth-order valence-electron chi connectivity index (χ4n) is 2.73. The van der Waals surface area contributed by atoms with Crippen LogP contribution in [0.2, 0.25) is 5.02 Å². The number of anilines is 1. The molecule has 0 saturated carbocycles. The molecule has 0 amide bonds. The average Bonchev–Trinajstić information content (AvgIpc) is 2.96. The third kappa shape index (κ3) is 3.51. The number of benzene rings is 1. The number of nitrogens with zero attached hydrogens (tertiary/aromatic N) is 2. The molecule has 136 valence electrons. The molecule has 0 aliphatic carbocycles. The summed E-state index contributed by atoms with van der Waals surface area (Å²) in [5, 5.41) is 14.5. The molecular formula is C18H18ClN3O3S. The number of nitrogens with one attached hydrogen (secondary N) is 1. The molecule has 0 fully saturated rings. The van der Waals surface area contributed by atoms with Gasteiger partial charge in [-0.05, 0) is 37.1 Å². The lowest BCUT2D eigenvalue weighted by Gasteiger charge is -2.18. The van der Waals surface area contributed by atoms with E-state index < -0.39 is 5.97 Å². The molecule has 0 saturated heterocycles. The van der Waals surface area contributed by atoms with Crippen LogP contribution in [0.3, 0.4) is 0 Å². The van der Waals surface area contributed by atoms with E-state index in [0.29, 0.717) is 26.4 Å². The molecule has 2 heterocycles. The quantitative estimate of drug-likeness (QED) is 0.642. The second kappa shape index (κ2) is 7.57. The van der Waals surface area contributed by atoms with Crippen molar-refractivity contribution in [2.24, 2.45) is 0 Å². The number of fused-ring (bicyclic) bond motifs is 1. The number of halogens is 1. The van der Waals surface area contributed by atoms with E-state index in [1.54, 1.807) is 19.1 Å². The van der Waals surface area contributed by atoms with Crippen molar-refractivity contribution in [3.8, 4) is 0 Å². The molecule has 0 aliphatic rings. The average molecular weight is 392 g/mol. The molecule has 0 spiro atoms. The number of hydrogen-bond acceptors (Lipinski definition) is 7. The molecule has 2 N–H and O–H groups in total. The number of aryl methyl sites for hydroxylation is 2. The monoisotopic (exact) mass is 391 g/mol. The Morgan fingerprint density at radius 1 is 1.31 bits per heavy atom. The van der Waals surface area contributed by atoms with Gasteiger partial charge in [0.25, 0.3) is 0 Å². The van der Waals surface area contributed by atoms with Gasteiger partial charge in [-0.1, -0.05) is 23.7 Å². The SMILES string of the molecule is COC(=O)c1sc2nc(C)nc(NC(CO)c3ccc(Cl)cc3)c2c1C. The summed E-state index contributed by atoms with van der Waals surface area (Å²) in [6.45, 7) is 3.50. The van der Waals surface area contributed by atoms with Crippen LogP contribution in [0, 0.1) is 13.8 Å². The van der Waals surface area contributed by atoms with E-state index in [0.717, 1.165) is 16.5 Å². The Morgan fingerprint density at radius 2 is 2.00 bits per heavy atom. The van der Waals surface area contributed by atoms with Gasteiger partial charge >= 0.3 is 5.97 Å². The summed E-state index contributed by atoms with van der Waals surface area (Å²) in [6.07, 6.45) is 0. The van der Waals surface area contributed by atoms with E-state index in [1.165, 1.54) is 18.4 Å². The number of aliphatic hydroxyl groups is 1. The molecule has 1 aromatic carbocycles. The molecule has 26 heavy (non-hydrogen) atoms. The third-order valence-corrected chi connectivity index (χ3v) is 5.46. The van der Waals surface area contributed by atoms with Gasteiger partial charge in [0, 0.05) is 5.02 Å². The third-order valence-electron chi connectivity index (χ3n) is 4.04. The van der Waals surface area contributed by atoms with E-state index in [9.17, 15) is 9.90 Å². The molecule has 1 unspecified atom stereocenters. The first-order chi connectivity index (χ1) is 12.4. The highest BCUT2D eigenvalue weighted by Crippen LogP contribution is 2.35. The highest BCUT2D eigenvalue weighted by Gasteiger charge is 2.22.